The number of benzene rings is 2. The molecule has 0 saturated carbocycles. The van der Waals surface area contributed by atoms with E-state index in [1.54, 1.807) is 17.0 Å². The van der Waals surface area contributed by atoms with Crippen LogP contribution in [0, 0.1) is 5.82 Å². The van der Waals surface area contributed by atoms with E-state index in [1.807, 2.05) is 38.1 Å². The highest BCUT2D eigenvalue weighted by Crippen LogP contribution is 2.29. The Morgan fingerprint density at radius 2 is 1.68 bits per heavy atom. The zero-order valence-corrected chi connectivity index (χ0v) is 21.7. The van der Waals surface area contributed by atoms with Gasteiger partial charge in [0.25, 0.3) is 5.92 Å². The predicted octanol–water partition coefficient (Wildman–Crippen LogP) is 4.62. The predicted molar refractivity (Wildman–Crippen MR) is 136 cm³/mol. The summed E-state index contributed by atoms with van der Waals surface area (Å²) < 4.78 is 53.0. The first-order valence-electron chi connectivity index (χ1n) is 12.9. The molecule has 2 fully saturated rings. The van der Waals surface area contributed by atoms with Gasteiger partial charge in [-0.3, -0.25) is 4.79 Å². The van der Waals surface area contributed by atoms with Crippen LogP contribution >= 0.6 is 0 Å². The summed E-state index contributed by atoms with van der Waals surface area (Å²) in [4.78, 5) is 27.2. The minimum absolute atomic E-state index is 0.0145. The maximum absolute atomic E-state index is 14.8. The maximum Gasteiger partial charge on any atom is 0.410 e. The highest BCUT2D eigenvalue weighted by atomic mass is 19.3. The molecule has 2 aromatic carbocycles. The Morgan fingerprint density at radius 3 is 2.26 bits per heavy atom. The number of rotatable bonds is 7. The van der Waals surface area contributed by atoms with Crippen molar-refractivity contribution < 1.29 is 32.2 Å². The molecule has 2 N–H and O–H groups in total. The Labute approximate surface area is 220 Å². The first-order chi connectivity index (χ1) is 18.0. The van der Waals surface area contributed by atoms with E-state index in [9.17, 15) is 22.8 Å². The lowest BCUT2D eigenvalue weighted by atomic mass is 9.99. The van der Waals surface area contributed by atoms with Crippen LogP contribution < -0.4 is 10.5 Å². The zero-order chi connectivity index (χ0) is 27.4. The van der Waals surface area contributed by atoms with Crippen molar-refractivity contribution in [2.24, 2.45) is 5.73 Å². The van der Waals surface area contributed by atoms with Crippen molar-refractivity contribution >= 4 is 12.0 Å². The number of nitrogens with zero attached hydrogens (tertiary/aromatic N) is 2. The molecule has 38 heavy (non-hydrogen) atoms. The zero-order valence-electron chi connectivity index (χ0n) is 21.7. The fourth-order valence-electron chi connectivity index (χ4n) is 4.73. The SMILES string of the molecule is CC(C)OC(=O)N1CCC(Oc2ccc(-c3ccc(CC(N)C(=O)N4CCC(F)(F)C4)c(F)c3)cc2)CC1. The molecule has 4 rings (SSSR count). The summed E-state index contributed by atoms with van der Waals surface area (Å²) in [6.45, 7) is 4.09. The molecule has 0 bridgehead atoms. The number of ether oxygens (including phenoxy) is 2. The van der Waals surface area contributed by atoms with Gasteiger partial charge in [0.05, 0.1) is 18.7 Å². The highest BCUT2D eigenvalue weighted by Gasteiger charge is 2.41. The first-order valence-corrected chi connectivity index (χ1v) is 12.9. The van der Waals surface area contributed by atoms with E-state index in [1.165, 1.54) is 6.07 Å². The Bertz CT molecular complexity index is 1130. The molecule has 1 atom stereocenters. The molecule has 2 aliphatic rings. The Hall–Kier alpha value is -3.27. The van der Waals surface area contributed by atoms with Crippen LogP contribution in [-0.2, 0) is 16.0 Å². The maximum atomic E-state index is 14.8. The minimum Gasteiger partial charge on any atom is -0.490 e. The first kappa shape index (κ1) is 27.8. The number of piperidine rings is 1. The van der Waals surface area contributed by atoms with Crippen molar-refractivity contribution in [1.82, 2.24) is 9.80 Å². The van der Waals surface area contributed by atoms with Gasteiger partial charge in [-0.05, 0) is 55.2 Å². The lowest BCUT2D eigenvalue weighted by Crippen LogP contribution is -2.44. The van der Waals surface area contributed by atoms with Gasteiger partial charge in [-0.1, -0.05) is 24.3 Å². The molecule has 7 nitrogen and oxygen atoms in total. The summed E-state index contributed by atoms with van der Waals surface area (Å²) >= 11 is 0. The molecule has 2 aromatic rings. The van der Waals surface area contributed by atoms with Crippen LogP contribution in [0.25, 0.3) is 11.1 Å². The van der Waals surface area contributed by atoms with Crippen molar-refractivity contribution in [3.8, 4) is 16.9 Å². The number of nitrogens with two attached hydrogens (primary N) is 1. The van der Waals surface area contributed by atoms with E-state index in [0.717, 1.165) is 10.5 Å². The third-order valence-corrected chi connectivity index (χ3v) is 6.82. The number of likely N-dealkylation sites (tertiary alicyclic amines) is 2. The third-order valence-electron chi connectivity index (χ3n) is 6.82. The normalized spacial score (nSPS) is 18.5. The topological polar surface area (TPSA) is 85.1 Å². The molecule has 206 valence electrons. The lowest BCUT2D eigenvalue weighted by molar-refractivity contribution is -0.133. The lowest BCUT2D eigenvalue weighted by Gasteiger charge is -2.32. The molecule has 2 heterocycles. The van der Waals surface area contributed by atoms with Crippen LogP contribution in [0.2, 0.25) is 0 Å². The van der Waals surface area contributed by atoms with Gasteiger partial charge in [0.1, 0.15) is 17.7 Å². The molecule has 0 aliphatic carbocycles. The van der Waals surface area contributed by atoms with E-state index in [2.05, 4.69) is 0 Å². The summed E-state index contributed by atoms with van der Waals surface area (Å²) in [7, 11) is 0. The largest absolute Gasteiger partial charge is 0.490 e. The van der Waals surface area contributed by atoms with Crippen molar-refractivity contribution in [3.05, 3.63) is 53.8 Å². The Morgan fingerprint density at radius 1 is 1.03 bits per heavy atom. The van der Waals surface area contributed by atoms with Gasteiger partial charge in [0.15, 0.2) is 0 Å². The summed E-state index contributed by atoms with van der Waals surface area (Å²) in [5.41, 5.74) is 7.61. The van der Waals surface area contributed by atoms with Crippen molar-refractivity contribution in [2.75, 3.05) is 26.2 Å². The number of hydrogen-bond acceptors (Lipinski definition) is 5. The standard InChI is InChI=1S/C28H34F3N3O4/c1-18(2)37-27(36)33-12-9-23(10-13-33)38-22-7-5-19(6-8-22)20-3-4-21(24(29)15-20)16-25(32)26(35)34-14-11-28(30,31)17-34/h3-8,15,18,23,25H,9-14,16-17,32H2,1-2H3. The third kappa shape index (κ3) is 6.98. The van der Waals surface area contributed by atoms with Crippen molar-refractivity contribution in [3.63, 3.8) is 0 Å². The number of carbonyl (C=O) groups is 2. The van der Waals surface area contributed by atoms with Crippen molar-refractivity contribution in [2.45, 2.75) is 63.7 Å². The molecule has 0 spiro atoms. The van der Waals surface area contributed by atoms with Crippen LogP contribution in [-0.4, -0.2) is 72.2 Å². The van der Waals surface area contributed by atoms with Gasteiger partial charge in [0, 0.05) is 38.9 Å². The van der Waals surface area contributed by atoms with E-state index in [0.29, 0.717) is 37.2 Å². The van der Waals surface area contributed by atoms with E-state index >= 15 is 0 Å². The summed E-state index contributed by atoms with van der Waals surface area (Å²) in [6, 6.07) is 10.9. The summed E-state index contributed by atoms with van der Waals surface area (Å²) in [5.74, 6) is -3.32. The molecule has 0 radical (unpaired) electrons. The summed E-state index contributed by atoms with van der Waals surface area (Å²) in [5, 5.41) is 0. The van der Waals surface area contributed by atoms with Gasteiger partial charge >= 0.3 is 6.09 Å². The average molecular weight is 534 g/mol. The van der Waals surface area contributed by atoms with Crippen molar-refractivity contribution in [1.29, 1.82) is 0 Å². The van der Waals surface area contributed by atoms with Gasteiger partial charge in [0.2, 0.25) is 5.91 Å². The van der Waals surface area contributed by atoms with Gasteiger partial charge < -0.3 is 25.0 Å². The molecule has 1 unspecified atom stereocenters. The van der Waals surface area contributed by atoms with Gasteiger partial charge in [-0.15, -0.1) is 0 Å². The van der Waals surface area contributed by atoms with E-state index < -0.39 is 30.2 Å². The second kappa shape index (κ2) is 11.6. The van der Waals surface area contributed by atoms with Crippen LogP contribution in [0.3, 0.4) is 0 Å². The Balaban J connectivity index is 1.30. The van der Waals surface area contributed by atoms with Crippen LogP contribution in [0.5, 0.6) is 5.75 Å². The van der Waals surface area contributed by atoms with Crippen LogP contribution in [0.1, 0.15) is 38.7 Å². The number of carbonyl (C=O) groups excluding carboxylic acids is 2. The molecule has 2 aliphatic heterocycles. The molecule has 10 heteroatoms. The minimum atomic E-state index is -2.90. The molecule has 2 amide bonds. The van der Waals surface area contributed by atoms with Crippen LogP contribution in [0.15, 0.2) is 42.5 Å². The second-order valence-electron chi connectivity index (χ2n) is 10.2. The molecule has 2 saturated heterocycles. The highest BCUT2D eigenvalue weighted by molar-refractivity contribution is 5.82. The van der Waals surface area contributed by atoms with Gasteiger partial charge in [-0.25, -0.2) is 18.0 Å². The number of amides is 2. The average Bonchev–Trinajstić information content (AvgIpc) is 3.24. The Kier molecular flexibility index (Phi) is 8.50. The molecular weight excluding hydrogens is 499 g/mol. The number of alkyl halides is 2. The van der Waals surface area contributed by atoms with Crippen LogP contribution in [0.4, 0.5) is 18.0 Å². The number of halogens is 3. The monoisotopic (exact) mass is 533 g/mol. The molecule has 0 aromatic heterocycles. The van der Waals surface area contributed by atoms with E-state index in [4.69, 9.17) is 15.2 Å². The fourth-order valence-corrected chi connectivity index (χ4v) is 4.73. The fraction of sp³-hybridized carbons (Fsp3) is 0.500. The second-order valence-corrected chi connectivity index (χ2v) is 10.2. The molecular formula is C28H34F3N3O4. The quantitative estimate of drug-likeness (QED) is 0.562. The summed E-state index contributed by atoms with van der Waals surface area (Å²) in [6.07, 6.45) is 0.476. The van der Waals surface area contributed by atoms with E-state index in [-0.39, 0.29) is 43.3 Å². The smallest absolute Gasteiger partial charge is 0.410 e. The van der Waals surface area contributed by atoms with Gasteiger partial charge in [-0.2, -0.15) is 0 Å². The number of hydrogen-bond donors (Lipinski definition) is 1.